The molecule has 7 aromatic carbocycles. The van der Waals surface area contributed by atoms with Crippen molar-refractivity contribution in [1.82, 2.24) is 0 Å². The van der Waals surface area contributed by atoms with Crippen LogP contribution in [0, 0.1) is 0 Å². The van der Waals surface area contributed by atoms with Crippen LogP contribution in [-0.2, 0) is 16.4 Å². The molecule has 0 heterocycles. The summed E-state index contributed by atoms with van der Waals surface area (Å²) >= 11 is 0. The third-order valence-electron chi connectivity index (χ3n) is 12.1. The van der Waals surface area contributed by atoms with Crippen LogP contribution in [0.2, 0.25) is 0 Å². The molecule has 240 valence electrons. The summed E-state index contributed by atoms with van der Waals surface area (Å²) in [5.41, 5.74) is 16.0. The van der Waals surface area contributed by atoms with Crippen molar-refractivity contribution in [3.05, 3.63) is 161 Å². The SMILES string of the molecule is CCC(C)(Nc1c2ccccc2c(-c2ccccc2)c2ccccc12)c1ccc2c(c1)C(C)(C)c1cc3c(cc1-2)C(C)(C)c1ccccc1-3. The molecule has 0 saturated heterocycles. The van der Waals surface area contributed by atoms with Crippen LogP contribution in [-0.4, -0.2) is 0 Å². The minimum Gasteiger partial charge on any atom is -0.375 e. The summed E-state index contributed by atoms with van der Waals surface area (Å²) < 4.78 is 0. The average molecular weight is 634 g/mol. The summed E-state index contributed by atoms with van der Waals surface area (Å²) in [6.07, 6.45) is 0.946. The van der Waals surface area contributed by atoms with Crippen LogP contribution in [0.25, 0.3) is 54.9 Å². The van der Waals surface area contributed by atoms with Gasteiger partial charge in [0.2, 0.25) is 0 Å². The van der Waals surface area contributed by atoms with Crippen LogP contribution in [0.5, 0.6) is 0 Å². The lowest BCUT2D eigenvalue weighted by Crippen LogP contribution is -2.32. The van der Waals surface area contributed by atoms with Gasteiger partial charge in [-0.2, -0.15) is 0 Å². The van der Waals surface area contributed by atoms with Gasteiger partial charge in [0.15, 0.2) is 0 Å². The quantitative estimate of drug-likeness (QED) is 0.186. The van der Waals surface area contributed by atoms with Crippen molar-refractivity contribution in [2.75, 3.05) is 5.32 Å². The number of hydrogen-bond acceptors (Lipinski definition) is 1. The molecule has 0 aromatic heterocycles. The Morgan fingerprint density at radius 1 is 0.490 bits per heavy atom. The summed E-state index contributed by atoms with van der Waals surface area (Å²) in [5.74, 6) is 0. The Balaban J connectivity index is 1.18. The maximum atomic E-state index is 4.18. The maximum absolute atomic E-state index is 4.18. The molecule has 1 N–H and O–H groups in total. The highest BCUT2D eigenvalue weighted by molar-refractivity contribution is 6.20. The van der Waals surface area contributed by atoms with Crippen molar-refractivity contribution in [2.45, 2.75) is 64.3 Å². The van der Waals surface area contributed by atoms with Crippen molar-refractivity contribution in [2.24, 2.45) is 0 Å². The molecule has 1 heteroatoms. The first kappa shape index (κ1) is 30.0. The molecule has 7 aromatic rings. The Kier molecular flexibility index (Phi) is 6.38. The summed E-state index contributed by atoms with van der Waals surface area (Å²) in [7, 11) is 0. The topological polar surface area (TPSA) is 12.0 Å². The number of rotatable bonds is 5. The Morgan fingerprint density at radius 2 is 0.980 bits per heavy atom. The van der Waals surface area contributed by atoms with Crippen LogP contribution < -0.4 is 5.32 Å². The lowest BCUT2D eigenvalue weighted by atomic mass is 9.78. The molecular weight excluding hydrogens is 591 g/mol. The molecule has 2 aliphatic rings. The fourth-order valence-electron chi connectivity index (χ4n) is 9.09. The fraction of sp³-hybridized carbons (Fsp3) is 0.208. The van der Waals surface area contributed by atoms with Crippen molar-refractivity contribution in [3.8, 4) is 33.4 Å². The molecule has 49 heavy (non-hydrogen) atoms. The monoisotopic (exact) mass is 633 g/mol. The molecule has 0 bridgehead atoms. The molecule has 9 rings (SSSR count). The molecule has 0 radical (unpaired) electrons. The first-order chi connectivity index (χ1) is 23.6. The first-order valence-electron chi connectivity index (χ1n) is 17.8. The van der Waals surface area contributed by atoms with E-state index >= 15 is 0 Å². The zero-order valence-corrected chi connectivity index (χ0v) is 29.4. The van der Waals surface area contributed by atoms with E-state index in [1.807, 2.05) is 0 Å². The molecule has 1 atom stereocenters. The van der Waals surface area contributed by atoms with Gasteiger partial charge < -0.3 is 5.32 Å². The minimum absolute atomic E-state index is 0.0138. The van der Waals surface area contributed by atoms with Gasteiger partial charge in [-0.1, -0.05) is 156 Å². The van der Waals surface area contributed by atoms with Gasteiger partial charge in [0, 0.05) is 21.6 Å². The highest BCUT2D eigenvalue weighted by Crippen LogP contribution is 2.56. The predicted molar refractivity (Wildman–Crippen MR) is 210 cm³/mol. The Hall–Kier alpha value is -5.14. The molecule has 2 aliphatic carbocycles. The lowest BCUT2D eigenvalue weighted by molar-refractivity contribution is 0.522. The summed E-state index contributed by atoms with van der Waals surface area (Å²) in [5, 5.41) is 9.24. The van der Waals surface area contributed by atoms with Crippen LogP contribution in [0.3, 0.4) is 0 Å². The number of benzene rings is 7. The van der Waals surface area contributed by atoms with Crippen LogP contribution in [0.4, 0.5) is 5.69 Å². The molecule has 1 unspecified atom stereocenters. The zero-order valence-electron chi connectivity index (χ0n) is 29.4. The van der Waals surface area contributed by atoms with Gasteiger partial charge in [-0.25, -0.2) is 0 Å². The molecular formula is C48H43N. The van der Waals surface area contributed by atoms with Gasteiger partial charge in [-0.3, -0.25) is 0 Å². The first-order valence-corrected chi connectivity index (χ1v) is 17.8. The van der Waals surface area contributed by atoms with E-state index in [2.05, 4.69) is 180 Å². The van der Waals surface area contributed by atoms with E-state index in [0.29, 0.717) is 0 Å². The van der Waals surface area contributed by atoms with Crippen molar-refractivity contribution < 1.29 is 0 Å². The van der Waals surface area contributed by atoms with Crippen molar-refractivity contribution in [1.29, 1.82) is 0 Å². The average Bonchev–Trinajstić information content (AvgIpc) is 3.50. The second-order valence-corrected chi connectivity index (χ2v) is 15.5. The standard InChI is InChI=1S/C48H43N/c1-7-48(6,49-45-36-22-13-11-20-34(36)44(30-17-9-8-10-18-30)35-21-12-14-23-37(35)45)31-25-26-33-39-29-42-38(28-43(39)47(4,5)41(33)27-31)32-19-15-16-24-40(32)46(42,2)3/h8-29,49H,7H2,1-6H3. The van der Waals surface area contributed by atoms with Gasteiger partial charge >= 0.3 is 0 Å². The molecule has 1 nitrogen and oxygen atoms in total. The zero-order chi connectivity index (χ0) is 33.7. The van der Waals surface area contributed by atoms with E-state index in [-0.39, 0.29) is 16.4 Å². The second-order valence-electron chi connectivity index (χ2n) is 15.5. The van der Waals surface area contributed by atoms with Gasteiger partial charge in [0.1, 0.15) is 0 Å². The number of hydrogen-bond donors (Lipinski definition) is 1. The van der Waals surface area contributed by atoms with Crippen LogP contribution in [0.1, 0.15) is 75.8 Å². The number of fused-ring (bicyclic) bond motifs is 8. The molecule has 0 amide bonds. The van der Waals surface area contributed by atoms with E-state index in [1.165, 1.54) is 88.4 Å². The summed E-state index contributed by atoms with van der Waals surface area (Å²) in [6.45, 7) is 14.3. The van der Waals surface area contributed by atoms with E-state index in [9.17, 15) is 0 Å². The van der Waals surface area contributed by atoms with E-state index in [4.69, 9.17) is 0 Å². The van der Waals surface area contributed by atoms with Gasteiger partial charge in [-0.15, -0.1) is 0 Å². The normalized spacial score (nSPS) is 16.1. The fourth-order valence-corrected chi connectivity index (χ4v) is 9.09. The lowest BCUT2D eigenvalue weighted by Gasteiger charge is -2.34. The second kappa shape index (κ2) is 10.4. The molecule has 0 fully saturated rings. The summed E-state index contributed by atoms with van der Waals surface area (Å²) in [6, 6.07) is 50.0. The highest BCUT2D eigenvalue weighted by atomic mass is 15.0. The third-order valence-corrected chi connectivity index (χ3v) is 12.1. The van der Waals surface area contributed by atoms with Gasteiger partial charge in [0.25, 0.3) is 0 Å². The van der Waals surface area contributed by atoms with Crippen LogP contribution >= 0.6 is 0 Å². The third kappa shape index (κ3) is 4.18. The molecule has 0 saturated carbocycles. The molecule has 0 aliphatic heterocycles. The largest absolute Gasteiger partial charge is 0.375 e. The van der Waals surface area contributed by atoms with Gasteiger partial charge in [-0.05, 0) is 97.4 Å². The Labute approximate surface area is 290 Å². The highest BCUT2D eigenvalue weighted by Gasteiger charge is 2.42. The smallest absolute Gasteiger partial charge is 0.0595 e. The maximum Gasteiger partial charge on any atom is 0.0595 e. The van der Waals surface area contributed by atoms with Gasteiger partial charge in [0.05, 0.1) is 11.2 Å². The Morgan fingerprint density at radius 3 is 1.59 bits per heavy atom. The van der Waals surface area contributed by atoms with E-state index in [1.54, 1.807) is 0 Å². The van der Waals surface area contributed by atoms with Crippen LogP contribution in [0.15, 0.2) is 133 Å². The van der Waals surface area contributed by atoms with E-state index in [0.717, 1.165) is 6.42 Å². The summed E-state index contributed by atoms with van der Waals surface area (Å²) in [4.78, 5) is 0. The molecule has 0 spiro atoms. The Bertz CT molecular complexity index is 2410. The van der Waals surface area contributed by atoms with Crippen molar-refractivity contribution in [3.63, 3.8) is 0 Å². The predicted octanol–water partition coefficient (Wildman–Crippen LogP) is 13.0. The number of nitrogens with one attached hydrogen (secondary N) is 1. The minimum atomic E-state index is -0.289. The number of anilines is 1. The van der Waals surface area contributed by atoms with Crippen molar-refractivity contribution >= 4 is 27.2 Å². The van der Waals surface area contributed by atoms with E-state index < -0.39 is 0 Å².